The maximum atomic E-state index is 13.4. The normalized spacial score (nSPS) is 10.7. The van der Waals surface area contributed by atoms with Gasteiger partial charge in [0.05, 0.1) is 0 Å². The van der Waals surface area contributed by atoms with E-state index in [2.05, 4.69) is 13.8 Å². The van der Waals surface area contributed by atoms with Crippen LogP contribution in [0.5, 0.6) is 0 Å². The number of halogens is 1. The maximum absolute atomic E-state index is 13.4. The average Bonchev–Trinajstić information content (AvgIpc) is 2.16. The van der Waals surface area contributed by atoms with Crippen LogP contribution in [0.2, 0.25) is 0 Å². The van der Waals surface area contributed by atoms with Crippen LogP contribution in [0.3, 0.4) is 0 Å². The number of benzene rings is 1. The molecule has 0 fully saturated rings. The van der Waals surface area contributed by atoms with Crippen LogP contribution in [-0.2, 0) is 11.2 Å². The highest BCUT2D eigenvalue weighted by atomic mass is 19.1. The van der Waals surface area contributed by atoms with E-state index in [4.69, 9.17) is 0 Å². The Hall–Kier alpha value is -1.18. The molecule has 0 saturated heterocycles. The molecule has 0 spiro atoms. The highest BCUT2D eigenvalue weighted by Crippen LogP contribution is 2.19. The van der Waals surface area contributed by atoms with Crippen molar-refractivity contribution in [3.05, 3.63) is 35.1 Å². The van der Waals surface area contributed by atoms with Crippen molar-refractivity contribution in [1.82, 2.24) is 0 Å². The molecule has 1 nitrogen and oxygen atoms in total. The summed E-state index contributed by atoms with van der Waals surface area (Å²) in [6, 6.07) is 5.16. The third-order valence-electron chi connectivity index (χ3n) is 2.48. The number of ketones is 1. The zero-order chi connectivity index (χ0) is 11.4. The van der Waals surface area contributed by atoms with Gasteiger partial charge in [-0.25, -0.2) is 4.39 Å². The van der Waals surface area contributed by atoms with E-state index in [1.807, 2.05) is 6.07 Å². The number of hydrogen-bond acceptors (Lipinski definition) is 1. The summed E-state index contributed by atoms with van der Waals surface area (Å²) in [6.07, 6.45) is 0.917. The van der Waals surface area contributed by atoms with Gasteiger partial charge in [0.25, 0.3) is 0 Å². The van der Waals surface area contributed by atoms with Gasteiger partial charge < -0.3 is 4.79 Å². The molecule has 0 heterocycles. The molecular formula is C13H17FO. The minimum absolute atomic E-state index is 0.101. The summed E-state index contributed by atoms with van der Waals surface area (Å²) >= 11 is 0. The lowest BCUT2D eigenvalue weighted by Gasteiger charge is -2.08. The van der Waals surface area contributed by atoms with Crippen molar-refractivity contribution < 1.29 is 9.18 Å². The largest absolute Gasteiger partial charge is 0.300 e. The van der Waals surface area contributed by atoms with Gasteiger partial charge in [-0.3, -0.25) is 0 Å². The van der Waals surface area contributed by atoms with E-state index in [0.29, 0.717) is 24.3 Å². The van der Waals surface area contributed by atoms with Crippen LogP contribution in [0.15, 0.2) is 18.2 Å². The Kier molecular flexibility index (Phi) is 4.01. The maximum Gasteiger partial charge on any atom is 0.130 e. The summed E-state index contributed by atoms with van der Waals surface area (Å²) in [5.41, 5.74) is 1.77. The summed E-state index contributed by atoms with van der Waals surface area (Å²) in [5, 5.41) is 0. The van der Waals surface area contributed by atoms with Crippen molar-refractivity contribution in [3.63, 3.8) is 0 Å². The molecule has 0 amide bonds. The fourth-order valence-electron chi connectivity index (χ4n) is 1.46. The molecule has 1 aromatic rings. The fraction of sp³-hybridized carbons (Fsp3) is 0.462. The van der Waals surface area contributed by atoms with Crippen molar-refractivity contribution >= 4 is 5.78 Å². The molecule has 0 atom stereocenters. The molecule has 0 unspecified atom stereocenters. The highest BCUT2D eigenvalue weighted by molar-refractivity contribution is 5.75. The van der Waals surface area contributed by atoms with E-state index in [1.165, 1.54) is 13.0 Å². The number of carbonyl (C=O) groups is 1. The lowest BCUT2D eigenvalue weighted by Crippen LogP contribution is -1.99. The van der Waals surface area contributed by atoms with Gasteiger partial charge in [-0.1, -0.05) is 26.0 Å². The van der Waals surface area contributed by atoms with E-state index < -0.39 is 0 Å². The SMILES string of the molecule is CC(=O)CCc1cc(C(C)C)ccc1F. The molecule has 2 heteroatoms. The van der Waals surface area contributed by atoms with Crippen LogP contribution in [-0.4, -0.2) is 5.78 Å². The molecule has 0 bridgehead atoms. The van der Waals surface area contributed by atoms with Gasteiger partial charge in [0.1, 0.15) is 11.6 Å². The molecule has 0 aromatic heterocycles. The molecule has 0 aliphatic rings. The molecule has 82 valence electrons. The zero-order valence-electron chi connectivity index (χ0n) is 9.51. The van der Waals surface area contributed by atoms with E-state index in [-0.39, 0.29) is 11.6 Å². The van der Waals surface area contributed by atoms with Crippen LogP contribution in [0.25, 0.3) is 0 Å². The number of hydrogen-bond donors (Lipinski definition) is 0. The Bertz CT molecular complexity index is 356. The molecule has 1 aromatic carbocycles. The van der Waals surface area contributed by atoms with Gasteiger partial charge >= 0.3 is 0 Å². The van der Waals surface area contributed by atoms with Crippen LogP contribution in [0.4, 0.5) is 4.39 Å². The van der Waals surface area contributed by atoms with Crippen molar-refractivity contribution in [1.29, 1.82) is 0 Å². The molecule has 0 saturated carbocycles. The summed E-state index contributed by atoms with van der Waals surface area (Å²) in [7, 11) is 0. The summed E-state index contributed by atoms with van der Waals surface area (Å²) in [4.78, 5) is 10.8. The second kappa shape index (κ2) is 5.06. The standard InChI is InChI=1S/C13H17FO/c1-9(2)11-6-7-13(14)12(8-11)5-4-10(3)15/h6-9H,4-5H2,1-3H3. The van der Waals surface area contributed by atoms with Crippen molar-refractivity contribution in [2.75, 3.05) is 0 Å². The summed E-state index contributed by atoms with van der Waals surface area (Å²) < 4.78 is 13.4. The minimum atomic E-state index is -0.208. The van der Waals surface area contributed by atoms with E-state index in [9.17, 15) is 9.18 Å². The lowest BCUT2D eigenvalue weighted by molar-refractivity contribution is -0.116. The molecule has 1 rings (SSSR count). The first-order valence-corrected chi connectivity index (χ1v) is 5.28. The van der Waals surface area contributed by atoms with E-state index >= 15 is 0 Å². The van der Waals surface area contributed by atoms with Gasteiger partial charge in [-0.15, -0.1) is 0 Å². The second-order valence-corrected chi connectivity index (χ2v) is 4.21. The quantitative estimate of drug-likeness (QED) is 0.740. The number of carbonyl (C=O) groups excluding carboxylic acids is 1. The van der Waals surface area contributed by atoms with Crippen LogP contribution < -0.4 is 0 Å². The molecule has 0 N–H and O–H groups in total. The van der Waals surface area contributed by atoms with Crippen LogP contribution in [0, 0.1) is 5.82 Å². The third kappa shape index (κ3) is 3.46. The number of aryl methyl sites for hydroxylation is 1. The highest BCUT2D eigenvalue weighted by Gasteiger charge is 2.06. The smallest absolute Gasteiger partial charge is 0.130 e. The van der Waals surface area contributed by atoms with Gasteiger partial charge in [-0.2, -0.15) is 0 Å². The van der Waals surface area contributed by atoms with Crippen LogP contribution >= 0.6 is 0 Å². The first-order valence-electron chi connectivity index (χ1n) is 5.28. The Labute approximate surface area is 90.3 Å². The topological polar surface area (TPSA) is 17.1 Å². The molecule has 0 aliphatic carbocycles. The molecule has 0 radical (unpaired) electrons. The average molecular weight is 208 g/mol. The Balaban J connectivity index is 2.85. The summed E-state index contributed by atoms with van der Waals surface area (Å²) in [6.45, 7) is 5.67. The van der Waals surface area contributed by atoms with E-state index in [0.717, 1.165) is 5.56 Å². The Morgan fingerprint density at radius 3 is 2.60 bits per heavy atom. The number of Topliss-reactive ketones (excluding diaryl/α,β-unsaturated/α-hetero) is 1. The third-order valence-corrected chi connectivity index (χ3v) is 2.48. The van der Waals surface area contributed by atoms with Crippen LogP contribution in [0.1, 0.15) is 44.2 Å². The predicted molar refractivity (Wildman–Crippen MR) is 59.5 cm³/mol. The first-order chi connectivity index (χ1) is 7.00. The van der Waals surface area contributed by atoms with Crippen molar-refractivity contribution in [2.45, 2.75) is 39.5 Å². The van der Waals surface area contributed by atoms with Crippen molar-refractivity contribution in [3.8, 4) is 0 Å². The van der Waals surface area contributed by atoms with Gasteiger partial charge in [0.15, 0.2) is 0 Å². The molecular weight excluding hydrogens is 191 g/mol. The second-order valence-electron chi connectivity index (χ2n) is 4.21. The number of rotatable bonds is 4. The molecule has 0 aliphatic heterocycles. The fourth-order valence-corrected chi connectivity index (χ4v) is 1.46. The zero-order valence-corrected chi connectivity index (χ0v) is 9.51. The molecule has 15 heavy (non-hydrogen) atoms. The van der Waals surface area contributed by atoms with Gasteiger partial charge in [0, 0.05) is 6.42 Å². The Morgan fingerprint density at radius 2 is 2.07 bits per heavy atom. The first kappa shape index (κ1) is 11.9. The Morgan fingerprint density at radius 1 is 1.40 bits per heavy atom. The van der Waals surface area contributed by atoms with E-state index in [1.54, 1.807) is 6.07 Å². The van der Waals surface area contributed by atoms with Crippen molar-refractivity contribution in [2.24, 2.45) is 0 Å². The summed E-state index contributed by atoms with van der Waals surface area (Å²) in [5.74, 6) is 0.284. The van der Waals surface area contributed by atoms with Gasteiger partial charge in [0.2, 0.25) is 0 Å². The lowest BCUT2D eigenvalue weighted by atomic mass is 9.98. The van der Waals surface area contributed by atoms with Gasteiger partial charge in [-0.05, 0) is 36.5 Å². The predicted octanol–water partition coefficient (Wildman–Crippen LogP) is 3.47. The monoisotopic (exact) mass is 208 g/mol. The minimum Gasteiger partial charge on any atom is -0.300 e.